The van der Waals surface area contributed by atoms with Crippen LogP contribution in [0.4, 0.5) is 0 Å². The van der Waals surface area contributed by atoms with Crippen molar-refractivity contribution in [2.45, 2.75) is 22.7 Å². The molecule has 0 aliphatic rings. The van der Waals surface area contributed by atoms with Gasteiger partial charge in [-0.05, 0) is 13.3 Å². The van der Waals surface area contributed by atoms with Crippen LogP contribution >= 0.6 is 34.8 Å². The van der Waals surface area contributed by atoms with Crippen molar-refractivity contribution in [2.75, 3.05) is 0 Å². The van der Waals surface area contributed by atoms with E-state index in [0.717, 1.165) is 10.2 Å². The second-order valence-electron chi connectivity index (χ2n) is 2.06. The second-order valence-corrected chi connectivity index (χ2v) is 7.64. The van der Waals surface area contributed by atoms with Crippen LogP contribution in [0.2, 0.25) is 0 Å². The van der Waals surface area contributed by atoms with Gasteiger partial charge in [-0.2, -0.15) is 0 Å². The molecule has 0 rings (SSSR count). The number of alkyl halides is 3. The zero-order chi connectivity index (χ0) is 6.78. The Labute approximate surface area is 67.9 Å². The summed E-state index contributed by atoms with van der Waals surface area (Å²) in [7, 11) is 0.772. The van der Waals surface area contributed by atoms with Crippen LogP contribution in [0.15, 0.2) is 0 Å². The van der Waals surface area contributed by atoms with E-state index in [9.17, 15) is 0 Å². The fraction of sp³-hybridized carbons (Fsp3) is 1.00. The number of rotatable bonds is 2. The summed E-state index contributed by atoms with van der Waals surface area (Å²) in [6.45, 7) is 1.89. The minimum Gasteiger partial charge on any atom is -0.123 e. The van der Waals surface area contributed by atoms with E-state index in [1.54, 1.807) is 0 Å². The summed E-state index contributed by atoms with van der Waals surface area (Å²) in [5, 5.41) is 0.0856. The van der Waals surface area contributed by atoms with Gasteiger partial charge in [0.05, 0.1) is 3.96 Å². The Morgan fingerprint density at radius 3 is 2.00 bits per heavy atom. The summed E-state index contributed by atoms with van der Waals surface area (Å²) in [6.07, 6.45) is 0.684. The molecule has 0 amide bonds. The largest absolute Gasteiger partial charge is 0.123 e. The average Bonchev–Trinajstić information content (AvgIpc) is 1.21. The Bertz CT molecular complexity index is 66.2. The molecule has 0 aromatic rings. The molecule has 0 bridgehead atoms. The van der Waals surface area contributed by atoms with Crippen molar-refractivity contribution in [1.82, 2.24) is 0 Å². The Morgan fingerprint density at radius 1 is 1.62 bits per heavy atom. The summed E-state index contributed by atoms with van der Waals surface area (Å²) in [6, 6.07) is 0. The van der Waals surface area contributed by atoms with E-state index in [1.807, 2.05) is 6.92 Å². The van der Waals surface area contributed by atoms with Crippen LogP contribution in [0.25, 0.3) is 0 Å². The van der Waals surface area contributed by atoms with Gasteiger partial charge < -0.3 is 0 Å². The van der Waals surface area contributed by atoms with Gasteiger partial charge in [-0.15, -0.1) is 34.8 Å². The third kappa shape index (κ3) is 7.09. The van der Waals surface area contributed by atoms with E-state index < -0.39 is 3.96 Å². The third-order valence-electron chi connectivity index (χ3n) is 0.640. The van der Waals surface area contributed by atoms with Crippen molar-refractivity contribution < 1.29 is 0 Å². The van der Waals surface area contributed by atoms with Crippen LogP contribution in [-0.4, -0.2) is 19.6 Å². The molecule has 0 saturated carbocycles. The molecule has 0 spiro atoms. The van der Waals surface area contributed by atoms with Crippen LogP contribution in [0.1, 0.15) is 13.3 Å². The van der Waals surface area contributed by atoms with E-state index in [2.05, 4.69) is 0 Å². The standard InChI is InChI=1S/C4H9Cl3Si/c1-3(5)2-4(6,7)8/h3H,2H2,1,8H3. The van der Waals surface area contributed by atoms with Gasteiger partial charge >= 0.3 is 0 Å². The lowest BCUT2D eigenvalue weighted by Crippen LogP contribution is -2.16. The van der Waals surface area contributed by atoms with Crippen LogP contribution in [-0.2, 0) is 0 Å². The number of halogens is 3. The molecule has 4 heteroatoms. The first-order valence-electron chi connectivity index (χ1n) is 2.44. The van der Waals surface area contributed by atoms with Gasteiger partial charge in [0.1, 0.15) is 0 Å². The lowest BCUT2D eigenvalue weighted by Gasteiger charge is -2.13. The van der Waals surface area contributed by atoms with Gasteiger partial charge in [0.25, 0.3) is 0 Å². The summed E-state index contributed by atoms with van der Waals surface area (Å²) in [5.74, 6) is 0. The van der Waals surface area contributed by atoms with Crippen molar-refractivity contribution in [3.63, 3.8) is 0 Å². The molecule has 0 aromatic carbocycles. The maximum atomic E-state index is 5.67. The van der Waals surface area contributed by atoms with Gasteiger partial charge in [0.15, 0.2) is 0 Å². The number of hydrogen-bond acceptors (Lipinski definition) is 0. The highest BCUT2D eigenvalue weighted by Gasteiger charge is 2.18. The molecule has 50 valence electrons. The zero-order valence-electron chi connectivity index (χ0n) is 4.92. The van der Waals surface area contributed by atoms with Crippen LogP contribution < -0.4 is 0 Å². The molecule has 1 unspecified atom stereocenters. The van der Waals surface area contributed by atoms with Crippen LogP contribution in [0.3, 0.4) is 0 Å². The molecule has 0 saturated heterocycles. The van der Waals surface area contributed by atoms with Gasteiger partial charge in [-0.25, -0.2) is 0 Å². The molecule has 8 heavy (non-hydrogen) atoms. The highest BCUT2D eigenvalue weighted by Crippen LogP contribution is 2.24. The lowest BCUT2D eigenvalue weighted by molar-refractivity contribution is 0.830. The third-order valence-corrected chi connectivity index (χ3v) is 1.51. The normalized spacial score (nSPS) is 16.5. The van der Waals surface area contributed by atoms with E-state index in [0.29, 0.717) is 6.42 Å². The molecular weight excluding hydrogens is 182 g/mol. The SMILES string of the molecule is CC(Cl)CC([SiH3])(Cl)Cl. The molecular formula is C4H9Cl3Si. The van der Waals surface area contributed by atoms with Crippen molar-refractivity contribution in [2.24, 2.45) is 0 Å². The van der Waals surface area contributed by atoms with E-state index in [4.69, 9.17) is 34.8 Å². The average molecular weight is 192 g/mol. The van der Waals surface area contributed by atoms with Crippen molar-refractivity contribution in [3.05, 3.63) is 0 Å². The van der Waals surface area contributed by atoms with E-state index in [1.165, 1.54) is 0 Å². The molecule has 0 aromatic heterocycles. The molecule has 0 aliphatic heterocycles. The first-order chi connectivity index (χ1) is 3.42. The van der Waals surface area contributed by atoms with E-state index >= 15 is 0 Å². The Balaban J connectivity index is 3.39. The van der Waals surface area contributed by atoms with E-state index in [-0.39, 0.29) is 5.38 Å². The lowest BCUT2D eigenvalue weighted by atomic mass is 10.4. The minimum atomic E-state index is -0.527. The smallest absolute Gasteiger partial charge is 0.0986 e. The highest BCUT2D eigenvalue weighted by molar-refractivity contribution is 6.65. The topological polar surface area (TPSA) is 0 Å². The van der Waals surface area contributed by atoms with Gasteiger partial charge in [-0.3, -0.25) is 0 Å². The first kappa shape index (κ1) is 9.09. The monoisotopic (exact) mass is 190 g/mol. The van der Waals surface area contributed by atoms with Crippen molar-refractivity contribution >= 4 is 45.0 Å². The first-order valence-corrected chi connectivity index (χ1v) is 4.63. The minimum absolute atomic E-state index is 0.0856. The summed E-state index contributed by atoms with van der Waals surface area (Å²) < 4.78 is -0.527. The highest BCUT2D eigenvalue weighted by atomic mass is 35.5. The predicted octanol–water partition coefficient (Wildman–Crippen LogP) is 1.50. The van der Waals surface area contributed by atoms with Gasteiger partial charge in [0, 0.05) is 15.6 Å². The van der Waals surface area contributed by atoms with Gasteiger partial charge in [0.2, 0.25) is 0 Å². The molecule has 0 N–H and O–H groups in total. The fourth-order valence-electron chi connectivity index (χ4n) is 0.494. The Kier molecular flexibility index (Phi) is 3.75. The Hall–Kier alpha value is 1.09. The quantitative estimate of drug-likeness (QED) is 0.458. The summed E-state index contributed by atoms with van der Waals surface area (Å²) >= 11 is 17.0. The maximum absolute atomic E-state index is 5.67. The predicted molar refractivity (Wildman–Crippen MR) is 44.3 cm³/mol. The fourth-order valence-corrected chi connectivity index (χ4v) is 2.29. The maximum Gasteiger partial charge on any atom is 0.0986 e. The summed E-state index contributed by atoms with van der Waals surface area (Å²) in [4.78, 5) is 0. The van der Waals surface area contributed by atoms with Crippen LogP contribution in [0.5, 0.6) is 0 Å². The van der Waals surface area contributed by atoms with Crippen molar-refractivity contribution in [3.8, 4) is 0 Å². The molecule has 0 aliphatic carbocycles. The Morgan fingerprint density at radius 2 is 2.00 bits per heavy atom. The summed E-state index contributed by atoms with van der Waals surface area (Å²) in [5.41, 5.74) is 0. The van der Waals surface area contributed by atoms with Crippen molar-refractivity contribution in [1.29, 1.82) is 0 Å². The molecule has 0 fully saturated rings. The van der Waals surface area contributed by atoms with Gasteiger partial charge in [-0.1, -0.05) is 0 Å². The molecule has 0 radical (unpaired) electrons. The van der Waals surface area contributed by atoms with Crippen LogP contribution in [0, 0.1) is 0 Å². The number of hydrogen-bond donors (Lipinski definition) is 0. The second kappa shape index (κ2) is 3.30. The molecule has 0 nitrogen and oxygen atoms in total. The molecule has 1 atom stereocenters. The molecule has 0 heterocycles. The zero-order valence-corrected chi connectivity index (χ0v) is 9.19.